The van der Waals surface area contributed by atoms with Gasteiger partial charge < -0.3 is 14.0 Å². The number of halogens is 1. The highest BCUT2D eigenvalue weighted by Gasteiger charge is 2.50. The summed E-state index contributed by atoms with van der Waals surface area (Å²) in [6.07, 6.45) is 3.52. The Hall–Kier alpha value is -0.555. The lowest BCUT2D eigenvalue weighted by molar-refractivity contribution is 0.0841. The topological polar surface area (TPSA) is 39.7 Å². The number of hydrogen-bond donors (Lipinski definition) is 1. The van der Waals surface area contributed by atoms with Crippen LogP contribution in [0.2, 0.25) is 0 Å². The molecule has 0 spiro atoms. The number of ether oxygens (including phenoxy) is 1. The van der Waals surface area contributed by atoms with Crippen LogP contribution in [0.25, 0.3) is 0 Å². The third kappa shape index (κ3) is 1.71. The zero-order valence-electron chi connectivity index (χ0n) is 10.6. The van der Waals surface area contributed by atoms with E-state index < -0.39 is 0 Å². The predicted molar refractivity (Wildman–Crippen MR) is 72.9 cm³/mol. The molecular formula is C12H15BBrNO3. The van der Waals surface area contributed by atoms with Crippen molar-refractivity contribution in [2.24, 2.45) is 0 Å². The fourth-order valence-corrected chi connectivity index (χ4v) is 3.25. The standard InChI is InChI=1S/C12H15BBrNO3/c1-12(2)8-6-16-5-4-7-9(8)13(18-12)17-11(15-3)10(7)14/h4-5,11,15H,6H2,1-3H3/t11-/m0/s1. The molecule has 0 unspecified atom stereocenters. The zero-order chi connectivity index (χ0) is 12.9. The van der Waals surface area contributed by atoms with Gasteiger partial charge in [-0.1, -0.05) is 15.9 Å². The second-order valence-electron chi connectivity index (χ2n) is 5.03. The maximum absolute atomic E-state index is 6.00. The summed E-state index contributed by atoms with van der Waals surface area (Å²) in [5.74, 6) is 0. The molecule has 6 heteroatoms. The molecule has 0 bridgehead atoms. The molecule has 0 aliphatic carbocycles. The first-order chi connectivity index (χ1) is 8.54. The van der Waals surface area contributed by atoms with Crippen molar-refractivity contribution in [2.45, 2.75) is 25.7 Å². The lowest BCUT2D eigenvalue weighted by atomic mass is 9.70. The van der Waals surface area contributed by atoms with E-state index in [0.29, 0.717) is 6.61 Å². The van der Waals surface area contributed by atoms with Crippen molar-refractivity contribution in [1.82, 2.24) is 5.32 Å². The summed E-state index contributed by atoms with van der Waals surface area (Å²) in [4.78, 5) is 0. The van der Waals surface area contributed by atoms with Gasteiger partial charge in [-0.05, 0) is 43.6 Å². The maximum Gasteiger partial charge on any atom is 0.496 e. The smallest absolute Gasteiger partial charge is 0.496 e. The minimum atomic E-state index is -0.354. The van der Waals surface area contributed by atoms with Crippen LogP contribution in [-0.4, -0.2) is 32.6 Å². The van der Waals surface area contributed by atoms with Crippen LogP contribution >= 0.6 is 15.9 Å². The molecule has 3 aliphatic rings. The Balaban J connectivity index is 2.17. The van der Waals surface area contributed by atoms with E-state index in [-0.39, 0.29) is 18.9 Å². The average molecular weight is 312 g/mol. The van der Waals surface area contributed by atoms with Crippen LogP contribution in [0, 0.1) is 0 Å². The van der Waals surface area contributed by atoms with Crippen LogP contribution in [0.5, 0.6) is 0 Å². The molecule has 3 heterocycles. The van der Waals surface area contributed by atoms with Crippen molar-refractivity contribution in [1.29, 1.82) is 0 Å². The van der Waals surface area contributed by atoms with Gasteiger partial charge in [0.1, 0.15) is 12.8 Å². The Morgan fingerprint density at radius 3 is 3.00 bits per heavy atom. The number of nitrogens with one attached hydrogen (secondary N) is 1. The molecule has 0 saturated heterocycles. The van der Waals surface area contributed by atoms with Gasteiger partial charge in [0.25, 0.3) is 0 Å². The first-order valence-electron chi connectivity index (χ1n) is 5.97. The molecule has 18 heavy (non-hydrogen) atoms. The molecule has 0 amide bonds. The highest BCUT2D eigenvalue weighted by molar-refractivity contribution is 9.11. The van der Waals surface area contributed by atoms with Crippen molar-refractivity contribution in [2.75, 3.05) is 13.7 Å². The van der Waals surface area contributed by atoms with Gasteiger partial charge in [-0.2, -0.15) is 0 Å². The van der Waals surface area contributed by atoms with Crippen LogP contribution in [0.4, 0.5) is 0 Å². The normalized spacial score (nSPS) is 29.3. The second kappa shape index (κ2) is 4.23. The molecule has 0 fully saturated rings. The summed E-state index contributed by atoms with van der Waals surface area (Å²) in [5.41, 5.74) is 3.00. The van der Waals surface area contributed by atoms with Crippen LogP contribution in [0.3, 0.4) is 0 Å². The summed E-state index contributed by atoms with van der Waals surface area (Å²) in [5, 5.41) is 3.11. The zero-order valence-corrected chi connectivity index (χ0v) is 12.2. The molecule has 0 aromatic rings. The van der Waals surface area contributed by atoms with Gasteiger partial charge in [-0.15, -0.1) is 0 Å². The number of hydrogen-bond acceptors (Lipinski definition) is 4. The van der Waals surface area contributed by atoms with E-state index in [9.17, 15) is 0 Å². The first-order valence-corrected chi connectivity index (χ1v) is 6.76. The van der Waals surface area contributed by atoms with Crippen molar-refractivity contribution in [3.63, 3.8) is 0 Å². The SMILES string of the molecule is CN[C@H]1OB2OC(C)(C)C3=C2C(=C1Br)C=COC3. The van der Waals surface area contributed by atoms with Gasteiger partial charge in [0.15, 0.2) is 0 Å². The third-order valence-corrected chi connectivity index (χ3v) is 4.39. The Kier molecular flexibility index (Phi) is 2.93. The van der Waals surface area contributed by atoms with Crippen LogP contribution in [0.15, 0.2) is 33.4 Å². The van der Waals surface area contributed by atoms with Crippen LogP contribution in [-0.2, 0) is 14.0 Å². The lowest BCUT2D eigenvalue weighted by Gasteiger charge is -2.28. The maximum atomic E-state index is 6.00. The summed E-state index contributed by atoms with van der Waals surface area (Å²) in [6, 6.07) is 0. The van der Waals surface area contributed by atoms with E-state index >= 15 is 0 Å². The van der Waals surface area contributed by atoms with Crippen molar-refractivity contribution in [3.05, 3.63) is 33.4 Å². The van der Waals surface area contributed by atoms with Gasteiger partial charge in [0.2, 0.25) is 0 Å². The molecule has 1 N–H and O–H groups in total. The average Bonchev–Trinajstić information content (AvgIpc) is 2.52. The van der Waals surface area contributed by atoms with Gasteiger partial charge in [0.05, 0.1) is 11.9 Å². The van der Waals surface area contributed by atoms with E-state index in [1.807, 2.05) is 27.0 Å². The fraction of sp³-hybridized carbons (Fsp3) is 0.500. The molecule has 0 aromatic carbocycles. The lowest BCUT2D eigenvalue weighted by Crippen LogP contribution is -2.42. The fourth-order valence-electron chi connectivity index (χ4n) is 2.57. The summed E-state index contributed by atoms with van der Waals surface area (Å²) in [7, 11) is 1.54. The summed E-state index contributed by atoms with van der Waals surface area (Å²) in [6.45, 7) is 4.64. The predicted octanol–water partition coefficient (Wildman–Crippen LogP) is 1.89. The summed E-state index contributed by atoms with van der Waals surface area (Å²) >= 11 is 3.61. The molecule has 96 valence electrons. The number of allylic oxidation sites excluding steroid dienone is 3. The summed E-state index contributed by atoms with van der Waals surface area (Å²) < 4.78 is 18.4. The molecule has 0 saturated carbocycles. The van der Waals surface area contributed by atoms with Gasteiger partial charge in [-0.3, -0.25) is 5.32 Å². The second-order valence-corrected chi connectivity index (χ2v) is 5.89. The van der Waals surface area contributed by atoms with Crippen molar-refractivity contribution >= 4 is 23.0 Å². The molecule has 1 atom stereocenters. The number of rotatable bonds is 1. The van der Waals surface area contributed by atoms with Gasteiger partial charge >= 0.3 is 7.12 Å². The highest BCUT2D eigenvalue weighted by atomic mass is 79.9. The van der Waals surface area contributed by atoms with Crippen LogP contribution < -0.4 is 5.32 Å². The highest BCUT2D eigenvalue weighted by Crippen LogP contribution is 2.44. The molecule has 0 aromatic heterocycles. The van der Waals surface area contributed by atoms with E-state index in [1.54, 1.807) is 6.26 Å². The largest absolute Gasteiger partial charge is 0.497 e. The van der Waals surface area contributed by atoms with Crippen molar-refractivity contribution < 1.29 is 14.0 Å². The minimum Gasteiger partial charge on any atom is -0.497 e. The quantitative estimate of drug-likeness (QED) is 0.751. The Morgan fingerprint density at radius 1 is 1.50 bits per heavy atom. The molecule has 3 rings (SSSR count). The van der Waals surface area contributed by atoms with E-state index in [2.05, 4.69) is 21.2 Å². The van der Waals surface area contributed by atoms with Gasteiger partial charge in [0, 0.05) is 4.48 Å². The number of likely N-dealkylation sites (N-methyl/N-ethyl adjacent to an activating group) is 1. The Morgan fingerprint density at radius 2 is 2.28 bits per heavy atom. The molecular weight excluding hydrogens is 297 g/mol. The first kappa shape index (κ1) is 12.5. The Bertz CT molecular complexity index is 484. The van der Waals surface area contributed by atoms with E-state index in [4.69, 9.17) is 14.0 Å². The van der Waals surface area contributed by atoms with E-state index in [1.165, 1.54) is 0 Å². The molecule has 0 radical (unpaired) electrons. The monoisotopic (exact) mass is 311 g/mol. The molecule has 3 aliphatic heterocycles. The van der Waals surface area contributed by atoms with E-state index in [0.717, 1.165) is 21.1 Å². The molecule has 4 nitrogen and oxygen atoms in total. The third-order valence-electron chi connectivity index (χ3n) is 3.55. The van der Waals surface area contributed by atoms with Crippen molar-refractivity contribution in [3.8, 4) is 0 Å². The van der Waals surface area contributed by atoms with Gasteiger partial charge in [-0.25, -0.2) is 0 Å². The Labute approximate surface area is 115 Å². The van der Waals surface area contributed by atoms with Crippen LogP contribution in [0.1, 0.15) is 13.8 Å². The minimum absolute atomic E-state index is 0.188.